The molecule has 0 amide bonds. The summed E-state index contributed by atoms with van der Waals surface area (Å²) < 4.78 is 14.7. The molecule has 0 aliphatic carbocycles. The summed E-state index contributed by atoms with van der Waals surface area (Å²) >= 11 is 0. The summed E-state index contributed by atoms with van der Waals surface area (Å²) in [4.78, 5) is 2.31. The summed E-state index contributed by atoms with van der Waals surface area (Å²) in [6.45, 7) is 0. The molecular formula is C126H83N7. The first-order valence-corrected chi connectivity index (χ1v) is 45.7. The van der Waals surface area contributed by atoms with Crippen molar-refractivity contribution >= 4 is 180 Å². The van der Waals surface area contributed by atoms with Gasteiger partial charge < -0.3 is 32.3 Å². The number of benzene rings is 22. The van der Waals surface area contributed by atoms with Gasteiger partial charge in [-0.1, -0.05) is 352 Å². The van der Waals surface area contributed by atoms with Crippen LogP contribution in [0.4, 0.5) is 17.1 Å². The average Bonchev–Trinajstić information content (AvgIpc) is 1.55. The van der Waals surface area contributed by atoms with Gasteiger partial charge in [0.2, 0.25) is 0 Å². The van der Waals surface area contributed by atoms with E-state index in [4.69, 9.17) is 0 Å². The Morgan fingerprint density at radius 3 is 0.887 bits per heavy atom. The Kier molecular flexibility index (Phi) is 18.2. The lowest BCUT2D eigenvalue weighted by molar-refractivity contribution is 1.16. The van der Waals surface area contributed by atoms with E-state index in [0.29, 0.717) is 0 Å². The third-order valence-electron chi connectivity index (χ3n) is 27.2. The van der Waals surface area contributed by atoms with Crippen LogP contribution in [-0.2, 0) is 0 Å². The van der Waals surface area contributed by atoms with Crippen LogP contribution >= 0.6 is 0 Å². The van der Waals surface area contributed by atoms with E-state index >= 15 is 0 Å². The highest BCUT2D eigenvalue weighted by atomic mass is 15.1. The first-order valence-electron chi connectivity index (χ1n) is 45.7. The minimum Gasteiger partial charge on any atom is -0.311 e. The zero-order valence-corrected chi connectivity index (χ0v) is 72.6. The second-order valence-corrected chi connectivity index (χ2v) is 34.6. The van der Waals surface area contributed by atoms with Gasteiger partial charge in [-0.2, -0.15) is 0 Å². The van der Waals surface area contributed by atoms with Crippen LogP contribution in [0.15, 0.2) is 504 Å². The number of hydrogen-bond donors (Lipinski definition) is 0. The molecule has 7 heteroatoms. The summed E-state index contributed by atoms with van der Waals surface area (Å²) in [5, 5.41) is 22.7. The number of fused-ring (bicyclic) bond motifs is 26. The fourth-order valence-electron chi connectivity index (χ4n) is 21.5. The number of para-hydroxylation sites is 8. The smallest absolute Gasteiger partial charge is 0.0641 e. The van der Waals surface area contributed by atoms with Gasteiger partial charge in [0.05, 0.1) is 66.2 Å². The highest BCUT2D eigenvalue weighted by molar-refractivity contribution is 6.32. The average molecular weight is 1700 g/mol. The van der Waals surface area contributed by atoms with Gasteiger partial charge in [-0.3, -0.25) is 0 Å². The summed E-state index contributed by atoms with van der Waals surface area (Å²) in [7, 11) is 0. The van der Waals surface area contributed by atoms with Gasteiger partial charge in [0.1, 0.15) is 0 Å². The molecule has 0 aliphatic rings. The van der Waals surface area contributed by atoms with Crippen molar-refractivity contribution in [3.8, 4) is 56.4 Å². The molecule has 0 aliphatic heterocycles. The van der Waals surface area contributed by atoms with Crippen LogP contribution in [0.3, 0.4) is 0 Å². The molecule has 0 spiro atoms. The second kappa shape index (κ2) is 31.6. The molecule has 0 saturated carbocycles. The summed E-state index contributed by atoms with van der Waals surface area (Å²) in [6.07, 6.45) is 0. The molecule has 6 heterocycles. The molecule has 0 atom stereocenters. The van der Waals surface area contributed by atoms with Gasteiger partial charge in [-0.15, -0.1) is 0 Å². The van der Waals surface area contributed by atoms with E-state index in [9.17, 15) is 0 Å². The quantitative estimate of drug-likeness (QED) is 0.127. The molecule has 0 saturated heterocycles. The lowest BCUT2D eigenvalue weighted by atomic mass is 10.0. The maximum absolute atomic E-state index is 2.48. The summed E-state index contributed by atoms with van der Waals surface area (Å²) in [6, 6.07) is 182. The first kappa shape index (κ1) is 76.5. The van der Waals surface area contributed by atoms with Crippen molar-refractivity contribution < 1.29 is 0 Å². The normalized spacial score (nSPS) is 11.8. The van der Waals surface area contributed by atoms with Crippen LogP contribution in [0.1, 0.15) is 0 Å². The minimum absolute atomic E-state index is 1.11. The Balaban J connectivity index is 0.000000105. The van der Waals surface area contributed by atoms with Crippen molar-refractivity contribution in [2.24, 2.45) is 0 Å². The zero-order chi connectivity index (χ0) is 87.6. The Hall–Kier alpha value is -17.8. The number of anilines is 3. The van der Waals surface area contributed by atoms with Crippen molar-refractivity contribution in [2.75, 3.05) is 4.90 Å². The first-order chi connectivity index (χ1) is 66.1. The molecule has 133 heavy (non-hydrogen) atoms. The molecular weight excluding hydrogens is 1610 g/mol. The van der Waals surface area contributed by atoms with Crippen molar-refractivity contribution in [2.45, 2.75) is 0 Å². The summed E-state index contributed by atoms with van der Waals surface area (Å²) in [5.74, 6) is 0. The fraction of sp³-hybridized carbons (Fsp3) is 0. The molecule has 622 valence electrons. The maximum Gasteiger partial charge on any atom is 0.0641 e. The fourth-order valence-corrected chi connectivity index (χ4v) is 21.5. The molecule has 6 aromatic heterocycles. The molecule has 7 nitrogen and oxygen atoms in total. The molecule has 22 aromatic carbocycles. The van der Waals surface area contributed by atoms with E-state index in [1.165, 1.54) is 197 Å². The lowest BCUT2D eigenvalue weighted by Crippen LogP contribution is -2.09. The van der Waals surface area contributed by atoms with Crippen molar-refractivity contribution in [3.63, 3.8) is 0 Å². The van der Waals surface area contributed by atoms with E-state index in [1.54, 1.807) is 0 Å². The third-order valence-corrected chi connectivity index (χ3v) is 27.2. The molecule has 28 aromatic rings. The number of rotatable bonds is 11. The van der Waals surface area contributed by atoms with Crippen LogP contribution in [0.5, 0.6) is 0 Å². The highest BCUT2D eigenvalue weighted by Crippen LogP contribution is 2.49. The predicted molar refractivity (Wildman–Crippen MR) is 563 cm³/mol. The Bertz CT molecular complexity index is 9360. The van der Waals surface area contributed by atoms with E-state index in [0.717, 1.165) is 39.8 Å². The lowest BCUT2D eigenvalue weighted by Gasteiger charge is -2.25. The van der Waals surface area contributed by atoms with Gasteiger partial charge in [0.25, 0.3) is 0 Å². The molecule has 28 rings (SSSR count). The van der Waals surface area contributed by atoms with Crippen LogP contribution in [0.2, 0.25) is 0 Å². The van der Waals surface area contributed by atoms with Gasteiger partial charge in [-0.25, -0.2) is 0 Å². The van der Waals surface area contributed by atoms with Crippen molar-refractivity contribution in [3.05, 3.63) is 504 Å². The van der Waals surface area contributed by atoms with E-state index in [-0.39, 0.29) is 0 Å². The largest absolute Gasteiger partial charge is 0.311 e. The van der Waals surface area contributed by atoms with Gasteiger partial charge in [0.15, 0.2) is 0 Å². The Morgan fingerprint density at radius 1 is 0.128 bits per heavy atom. The van der Waals surface area contributed by atoms with Crippen LogP contribution in [0, 0.1) is 0 Å². The predicted octanol–water partition coefficient (Wildman–Crippen LogP) is 33.9. The Morgan fingerprint density at radius 2 is 0.414 bits per heavy atom. The number of aromatic nitrogens is 6. The molecule has 0 fully saturated rings. The molecule has 0 radical (unpaired) electrons. The van der Waals surface area contributed by atoms with E-state index in [1.807, 2.05) is 0 Å². The number of hydrogen-bond acceptors (Lipinski definition) is 1. The second-order valence-electron chi connectivity index (χ2n) is 34.6. The van der Waals surface area contributed by atoms with E-state index < -0.39 is 0 Å². The van der Waals surface area contributed by atoms with Gasteiger partial charge in [-0.05, 0) is 190 Å². The van der Waals surface area contributed by atoms with Crippen molar-refractivity contribution in [1.82, 2.24) is 27.4 Å². The zero-order valence-electron chi connectivity index (χ0n) is 72.6. The third kappa shape index (κ3) is 12.5. The molecule has 0 unspecified atom stereocenters. The van der Waals surface area contributed by atoms with Crippen LogP contribution < -0.4 is 4.90 Å². The van der Waals surface area contributed by atoms with Crippen LogP contribution in [-0.4, -0.2) is 27.4 Å². The van der Waals surface area contributed by atoms with Crippen LogP contribution in [0.25, 0.3) is 220 Å². The topological polar surface area (TPSA) is 32.8 Å². The van der Waals surface area contributed by atoms with E-state index in [2.05, 4.69) is 536 Å². The minimum atomic E-state index is 1.11. The number of nitrogens with zero attached hydrogens (tertiary/aromatic N) is 7. The highest BCUT2D eigenvalue weighted by Gasteiger charge is 2.27. The molecule has 0 N–H and O–H groups in total. The van der Waals surface area contributed by atoms with Crippen molar-refractivity contribution in [1.29, 1.82) is 0 Å². The van der Waals surface area contributed by atoms with Gasteiger partial charge in [0, 0.05) is 132 Å². The summed E-state index contributed by atoms with van der Waals surface area (Å²) in [5.41, 5.74) is 29.9. The molecule has 0 bridgehead atoms. The monoisotopic (exact) mass is 1690 g/mol. The Labute approximate surface area is 767 Å². The standard InChI is InChI=1S/C46H31N3.2C40H26N2/c1-4-15-33(16-5-1)47(34-17-6-2-7-18-34)36-25-27-37(28-26-36)49-45-31-44-41(30-42(45)40-29-24-32-14-10-11-21-38(32)46(40)49)39-22-12-13-23-43(39)48(44)35-19-8-3-9-20-35;1-3-12-27(13-4-1)29-15-11-18-31(26-29)42-36-21-10-9-20-33(36)34-24-25-37-38(40(34)42)35-23-22-28-14-7-8-19-32(28)39(35)41(37)30-16-5-2-6-17-30;1-3-11-27(12-4-1)28-19-22-31(23-20-28)41-36-18-10-9-17-33(36)34-25-26-37-38(40(34)41)35-24-21-29-13-7-8-16-32(29)39(35)42(37)30-14-5-2-6-15-30/h1-31H;2*1-26H. The maximum atomic E-state index is 2.48. The SMILES string of the molecule is c1ccc(-c2ccc(-n3c4ccccc4c4ccc5c(c6ccc7ccccc7c6n5-c5ccccc5)c43)cc2)cc1.c1ccc(-c2cccc(-n3c4ccccc4c4ccc5c(c6ccc7ccccc7c6n5-c5ccccc5)c43)c2)cc1.c1ccc(N(c2ccccc2)c2ccc(-n3c4cc5c(cc4c4ccc6ccccc6c43)c3ccccc3n5-c3ccccc3)cc2)cc1. The van der Waals surface area contributed by atoms with Gasteiger partial charge >= 0.3 is 0 Å².